The van der Waals surface area contributed by atoms with Gasteiger partial charge in [-0.15, -0.1) is 0 Å². The molecule has 0 N–H and O–H groups in total. The van der Waals surface area contributed by atoms with Crippen LogP contribution in [-0.4, -0.2) is 38.6 Å². The molecule has 1 saturated heterocycles. The summed E-state index contributed by atoms with van der Waals surface area (Å²) in [5, 5.41) is 0. The second-order valence-electron chi connectivity index (χ2n) is 4.75. The maximum atomic E-state index is 12.1. The number of carbonyl (C=O) groups is 1. The first-order valence-corrected chi connectivity index (χ1v) is 7.82. The Morgan fingerprint density at radius 2 is 1.94 bits per heavy atom. The molecule has 0 saturated carbocycles. The van der Waals surface area contributed by atoms with Crippen molar-refractivity contribution >= 4 is 16.7 Å². The molecule has 0 radical (unpaired) electrons. The topological polar surface area (TPSA) is 37.4 Å². The third-order valence-corrected chi connectivity index (χ3v) is 4.42. The largest absolute Gasteiger partial charge is 0.336 e. The molecule has 0 aromatic heterocycles. The van der Waals surface area contributed by atoms with Crippen molar-refractivity contribution in [2.24, 2.45) is 0 Å². The van der Waals surface area contributed by atoms with E-state index in [0.29, 0.717) is 17.8 Å². The SMILES string of the molecule is C/C=C/C[S@](=O)CC(=O)N1[C@H](C)CCC[C@H]1C. The molecule has 1 amide bonds. The average molecular weight is 257 g/mol. The second kappa shape index (κ2) is 6.94. The first-order chi connectivity index (χ1) is 8.06. The fraction of sp³-hybridized carbons (Fsp3) is 0.769. The van der Waals surface area contributed by atoms with Gasteiger partial charge in [-0.1, -0.05) is 12.2 Å². The first kappa shape index (κ1) is 14.4. The zero-order chi connectivity index (χ0) is 12.8. The van der Waals surface area contributed by atoms with Crippen molar-refractivity contribution in [1.82, 2.24) is 4.90 Å². The number of carbonyl (C=O) groups excluding carboxylic acids is 1. The van der Waals surface area contributed by atoms with Gasteiger partial charge in [0.15, 0.2) is 0 Å². The van der Waals surface area contributed by atoms with Crippen LogP contribution in [0.1, 0.15) is 40.0 Å². The molecule has 0 aliphatic carbocycles. The predicted molar refractivity (Wildman–Crippen MR) is 72.3 cm³/mol. The van der Waals surface area contributed by atoms with Crippen LogP contribution in [0.2, 0.25) is 0 Å². The number of allylic oxidation sites excluding steroid dienone is 1. The Morgan fingerprint density at radius 3 is 2.47 bits per heavy atom. The summed E-state index contributed by atoms with van der Waals surface area (Å²) in [5.41, 5.74) is 0. The minimum absolute atomic E-state index is 0.0486. The maximum absolute atomic E-state index is 12.1. The lowest BCUT2D eigenvalue weighted by Gasteiger charge is -2.39. The minimum atomic E-state index is -1.06. The average Bonchev–Trinajstić information content (AvgIpc) is 2.26. The van der Waals surface area contributed by atoms with Crippen molar-refractivity contribution in [1.29, 1.82) is 0 Å². The quantitative estimate of drug-likeness (QED) is 0.723. The van der Waals surface area contributed by atoms with E-state index in [4.69, 9.17) is 0 Å². The summed E-state index contributed by atoms with van der Waals surface area (Å²) in [6.45, 7) is 6.07. The molecular formula is C13H23NO2S. The van der Waals surface area contributed by atoms with Gasteiger partial charge in [0.2, 0.25) is 5.91 Å². The van der Waals surface area contributed by atoms with E-state index < -0.39 is 10.8 Å². The second-order valence-corrected chi connectivity index (χ2v) is 6.25. The summed E-state index contributed by atoms with van der Waals surface area (Å²) in [5.74, 6) is 0.699. The molecule has 3 atom stereocenters. The van der Waals surface area contributed by atoms with Crippen LogP contribution in [-0.2, 0) is 15.6 Å². The highest BCUT2D eigenvalue weighted by Crippen LogP contribution is 2.22. The van der Waals surface area contributed by atoms with Gasteiger partial charge in [-0.3, -0.25) is 9.00 Å². The van der Waals surface area contributed by atoms with Gasteiger partial charge in [0, 0.05) is 28.6 Å². The number of hydrogen-bond acceptors (Lipinski definition) is 2. The Hall–Kier alpha value is -0.640. The number of nitrogens with zero attached hydrogens (tertiary/aromatic N) is 1. The van der Waals surface area contributed by atoms with E-state index in [0.717, 1.165) is 12.8 Å². The van der Waals surface area contributed by atoms with E-state index in [1.165, 1.54) is 6.42 Å². The molecule has 98 valence electrons. The Kier molecular flexibility index (Phi) is 5.89. The molecular weight excluding hydrogens is 234 g/mol. The van der Waals surface area contributed by atoms with Crippen LogP contribution in [0.25, 0.3) is 0 Å². The lowest BCUT2D eigenvalue weighted by Crippen LogP contribution is -2.49. The summed E-state index contributed by atoms with van der Waals surface area (Å²) in [6, 6.07) is 0.593. The molecule has 1 fully saturated rings. The van der Waals surface area contributed by atoms with Crippen molar-refractivity contribution in [3.63, 3.8) is 0 Å². The molecule has 4 heteroatoms. The summed E-state index contributed by atoms with van der Waals surface area (Å²) in [6.07, 6.45) is 7.05. The van der Waals surface area contributed by atoms with Gasteiger partial charge in [0.1, 0.15) is 5.75 Å². The molecule has 1 heterocycles. The van der Waals surface area contributed by atoms with E-state index in [2.05, 4.69) is 13.8 Å². The number of amides is 1. The van der Waals surface area contributed by atoms with Crippen molar-refractivity contribution in [3.8, 4) is 0 Å². The molecule has 0 unspecified atom stereocenters. The lowest BCUT2D eigenvalue weighted by atomic mass is 9.98. The van der Waals surface area contributed by atoms with Crippen LogP contribution >= 0.6 is 0 Å². The smallest absolute Gasteiger partial charge is 0.235 e. The highest BCUT2D eigenvalue weighted by Gasteiger charge is 2.29. The third-order valence-electron chi connectivity index (χ3n) is 3.28. The van der Waals surface area contributed by atoms with Crippen LogP contribution in [0, 0.1) is 0 Å². The third kappa shape index (κ3) is 4.26. The monoisotopic (exact) mass is 257 g/mol. The fourth-order valence-corrected chi connectivity index (χ4v) is 3.34. The molecule has 1 aliphatic rings. The summed E-state index contributed by atoms with van der Waals surface area (Å²) in [7, 11) is -1.06. The standard InChI is InChI=1S/C13H23NO2S/c1-4-5-9-17(16)10-13(15)14-11(2)7-6-8-12(14)3/h4-5,11-12H,6-10H2,1-3H3/b5-4+/t11-,12-,17+/m1/s1. The maximum Gasteiger partial charge on any atom is 0.235 e. The normalized spacial score (nSPS) is 27.4. The molecule has 3 nitrogen and oxygen atoms in total. The van der Waals surface area contributed by atoms with Crippen LogP contribution in [0.5, 0.6) is 0 Å². The predicted octanol–water partition coefficient (Wildman–Crippen LogP) is 2.10. The van der Waals surface area contributed by atoms with Crippen LogP contribution in [0.3, 0.4) is 0 Å². The number of piperidine rings is 1. The van der Waals surface area contributed by atoms with Crippen LogP contribution in [0.4, 0.5) is 0 Å². The molecule has 0 aromatic carbocycles. The summed E-state index contributed by atoms with van der Waals surface area (Å²) in [4.78, 5) is 14.0. The molecule has 0 bridgehead atoms. The highest BCUT2D eigenvalue weighted by atomic mass is 32.2. The Bertz CT molecular complexity index is 305. The van der Waals surface area contributed by atoms with Crippen LogP contribution < -0.4 is 0 Å². The van der Waals surface area contributed by atoms with Crippen molar-refractivity contribution in [2.45, 2.75) is 52.1 Å². The molecule has 1 aliphatic heterocycles. The summed E-state index contributed by atoms with van der Waals surface area (Å²) >= 11 is 0. The van der Waals surface area contributed by atoms with Crippen molar-refractivity contribution < 1.29 is 9.00 Å². The number of likely N-dealkylation sites (tertiary alicyclic amines) is 1. The van der Waals surface area contributed by atoms with E-state index in [-0.39, 0.29) is 11.7 Å². The molecule has 1 rings (SSSR count). The first-order valence-electron chi connectivity index (χ1n) is 6.33. The van der Waals surface area contributed by atoms with Crippen LogP contribution in [0.15, 0.2) is 12.2 Å². The van der Waals surface area contributed by atoms with Crippen molar-refractivity contribution in [2.75, 3.05) is 11.5 Å². The lowest BCUT2D eigenvalue weighted by molar-refractivity contribution is -0.134. The van der Waals surface area contributed by atoms with Crippen molar-refractivity contribution in [3.05, 3.63) is 12.2 Å². The highest BCUT2D eigenvalue weighted by molar-refractivity contribution is 7.85. The van der Waals surface area contributed by atoms with Gasteiger partial charge in [-0.25, -0.2) is 0 Å². The fourth-order valence-electron chi connectivity index (χ4n) is 2.39. The molecule has 0 aromatic rings. The van der Waals surface area contributed by atoms with Gasteiger partial charge in [0.25, 0.3) is 0 Å². The van der Waals surface area contributed by atoms with E-state index in [1.807, 2.05) is 24.0 Å². The zero-order valence-electron chi connectivity index (χ0n) is 11.0. The van der Waals surface area contributed by atoms with Gasteiger partial charge in [0.05, 0.1) is 0 Å². The zero-order valence-corrected chi connectivity index (χ0v) is 11.8. The van der Waals surface area contributed by atoms with Gasteiger partial charge >= 0.3 is 0 Å². The Labute approximate surface area is 107 Å². The van der Waals surface area contributed by atoms with Gasteiger partial charge in [-0.05, 0) is 40.0 Å². The van der Waals surface area contributed by atoms with E-state index in [1.54, 1.807) is 0 Å². The number of rotatable bonds is 4. The molecule has 17 heavy (non-hydrogen) atoms. The van der Waals surface area contributed by atoms with E-state index >= 15 is 0 Å². The molecule has 0 spiro atoms. The Morgan fingerprint density at radius 1 is 1.35 bits per heavy atom. The summed E-state index contributed by atoms with van der Waals surface area (Å²) < 4.78 is 11.7. The van der Waals surface area contributed by atoms with Gasteiger partial charge < -0.3 is 4.90 Å². The van der Waals surface area contributed by atoms with E-state index in [9.17, 15) is 9.00 Å². The van der Waals surface area contributed by atoms with Gasteiger partial charge in [-0.2, -0.15) is 0 Å². The number of hydrogen-bond donors (Lipinski definition) is 0. The minimum Gasteiger partial charge on any atom is -0.336 e. The Balaban J connectivity index is 2.53.